The number of nitrogens with one attached hydrogen (secondary N) is 3. The second-order valence-corrected chi connectivity index (χ2v) is 7.92. The fourth-order valence-corrected chi connectivity index (χ4v) is 4.01. The molecule has 11 nitrogen and oxygen atoms in total. The molecule has 0 unspecified atom stereocenters. The lowest BCUT2D eigenvalue weighted by Gasteiger charge is -2.05. The first-order chi connectivity index (χ1) is 17.7. The molecule has 0 saturated heterocycles. The molecule has 0 fully saturated rings. The quantitative estimate of drug-likeness (QED) is 0.268. The second-order valence-electron chi connectivity index (χ2n) is 7.92. The molecule has 3 rings (SSSR count). The van der Waals surface area contributed by atoms with Gasteiger partial charge in [0.1, 0.15) is 11.4 Å². The van der Waals surface area contributed by atoms with Crippen LogP contribution in [0.3, 0.4) is 0 Å². The SMILES string of the molecule is CCOC(=O)c1[nH]c(-c2ccc(-c3[nH]c(C(=O)OCC)c(C)c3C(=O)OCC)[nH]2)c(C(=O)OCC)c1C. The predicted molar refractivity (Wildman–Crippen MR) is 134 cm³/mol. The van der Waals surface area contributed by atoms with Crippen LogP contribution in [0.2, 0.25) is 0 Å². The van der Waals surface area contributed by atoms with Gasteiger partial charge in [0, 0.05) is 0 Å². The van der Waals surface area contributed by atoms with Gasteiger partial charge in [0.25, 0.3) is 0 Å². The number of carbonyl (C=O) groups is 4. The van der Waals surface area contributed by atoms with Gasteiger partial charge in [-0.1, -0.05) is 0 Å². The van der Waals surface area contributed by atoms with E-state index in [1.54, 1.807) is 53.7 Å². The van der Waals surface area contributed by atoms with Crippen molar-refractivity contribution in [2.75, 3.05) is 26.4 Å². The molecule has 0 bridgehead atoms. The average molecular weight is 514 g/mol. The zero-order valence-corrected chi connectivity index (χ0v) is 21.7. The molecule has 0 atom stereocenters. The van der Waals surface area contributed by atoms with Crippen LogP contribution in [0.4, 0.5) is 0 Å². The lowest BCUT2D eigenvalue weighted by Crippen LogP contribution is -2.09. The molecule has 11 heteroatoms. The van der Waals surface area contributed by atoms with Gasteiger partial charge >= 0.3 is 23.9 Å². The molecule has 0 radical (unpaired) electrons. The fraction of sp³-hybridized carbons (Fsp3) is 0.385. The zero-order chi connectivity index (χ0) is 27.3. The number of ether oxygens (including phenoxy) is 4. The Kier molecular flexibility index (Phi) is 8.59. The van der Waals surface area contributed by atoms with Crippen LogP contribution < -0.4 is 0 Å². The highest BCUT2D eigenvalue weighted by atomic mass is 16.5. The van der Waals surface area contributed by atoms with Crippen LogP contribution in [0, 0.1) is 13.8 Å². The maximum Gasteiger partial charge on any atom is 0.355 e. The first kappa shape index (κ1) is 27.3. The van der Waals surface area contributed by atoms with E-state index in [2.05, 4.69) is 15.0 Å². The maximum atomic E-state index is 12.8. The van der Waals surface area contributed by atoms with Crippen molar-refractivity contribution in [2.24, 2.45) is 0 Å². The number of hydrogen-bond acceptors (Lipinski definition) is 8. The summed E-state index contributed by atoms with van der Waals surface area (Å²) in [6.45, 7) is 10.6. The highest BCUT2D eigenvalue weighted by Gasteiger charge is 2.29. The lowest BCUT2D eigenvalue weighted by atomic mass is 10.1. The summed E-state index contributed by atoms with van der Waals surface area (Å²) < 4.78 is 20.7. The van der Waals surface area contributed by atoms with Crippen molar-refractivity contribution < 1.29 is 38.1 Å². The number of esters is 4. The van der Waals surface area contributed by atoms with Gasteiger partial charge in [-0.25, -0.2) is 19.2 Å². The fourth-order valence-electron chi connectivity index (χ4n) is 4.01. The van der Waals surface area contributed by atoms with Gasteiger partial charge in [-0.05, 0) is 64.8 Å². The highest BCUT2D eigenvalue weighted by molar-refractivity contribution is 6.04. The molecule has 198 valence electrons. The normalized spacial score (nSPS) is 10.8. The smallest absolute Gasteiger partial charge is 0.355 e. The minimum Gasteiger partial charge on any atom is -0.462 e. The van der Waals surface area contributed by atoms with Crippen LogP contribution in [0.15, 0.2) is 12.1 Å². The largest absolute Gasteiger partial charge is 0.462 e. The molecule has 37 heavy (non-hydrogen) atoms. The molecule has 0 aliphatic heterocycles. The van der Waals surface area contributed by atoms with Gasteiger partial charge in [0.15, 0.2) is 0 Å². The summed E-state index contributed by atoms with van der Waals surface area (Å²) in [7, 11) is 0. The van der Waals surface area contributed by atoms with Gasteiger partial charge in [-0.2, -0.15) is 0 Å². The predicted octanol–water partition coefficient (Wildman–Crippen LogP) is 4.33. The molecule has 0 saturated carbocycles. The topological polar surface area (TPSA) is 153 Å². The van der Waals surface area contributed by atoms with Crippen molar-refractivity contribution in [1.29, 1.82) is 0 Å². The van der Waals surface area contributed by atoms with E-state index in [9.17, 15) is 19.2 Å². The van der Waals surface area contributed by atoms with Gasteiger partial charge in [0.05, 0.1) is 60.3 Å². The van der Waals surface area contributed by atoms with Crippen molar-refractivity contribution in [3.05, 3.63) is 45.8 Å². The molecule has 0 amide bonds. The standard InChI is InChI=1S/C26H31N3O8/c1-7-34-23(30)17-13(5)19(25(32)36-9-3)28-21(17)15-11-12-16(27-15)22-18(24(31)35-8-2)14(6)20(29-22)26(33)37-10-4/h11-12,27-29H,7-10H2,1-6H3. The summed E-state index contributed by atoms with van der Waals surface area (Å²) in [6, 6.07) is 3.35. The molecule has 0 aromatic carbocycles. The van der Waals surface area contributed by atoms with Crippen molar-refractivity contribution in [3.63, 3.8) is 0 Å². The summed E-state index contributed by atoms with van der Waals surface area (Å²) in [4.78, 5) is 59.7. The van der Waals surface area contributed by atoms with Crippen LogP contribution in [0.1, 0.15) is 80.5 Å². The monoisotopic (exact) mass is 513 g/mol. The Morgan fingerprint density at radius 1 is 0.568 bits per heavy atom. The van der Waals surface area contributed by atoms with Crippen molar-refractivity contribution in [3.8, 4) is 22.8 Å². The van der Waals surface area contributed by atoms with E-state index in [1.165, 1.54) is 0 Å². The summed E-state index contributed by atoms with van der Waals surface area (Å²) in [5, 5.41) is 0. The highest BCUT2D eigenvalue weighted by Crippen LogP contribution is 2.33. The van der Waals surface area contributed by atoms with Gasteiger partial charge in [-0.3, -0.25) is 0 Å². The lowest BCUT2D eigenvalue weighted by molar-refractivity contribution is 0.0505. The van der Waals surface area contributed by atoms with E-state index in [-0.39, 0.29) is 48.9 Å². The van der Waals surface area contributed by atoms with Crippen molar-refractivity contribution in [2.45, 2.75) is 41.5 Å². The maximum absolute atomic E-state index is 12.8. The van der Waals surface area contributed by atoms with Gasteiger partial charge in [0.2, 0.25) is 0 Å². The number of hydrogen-bond donors (Lipinski definition) is 3. The van der Waals surface area contributed by atoms with Gasteiger partial charge in [-0.15, -0.1) is 0 Å². The third-order valence-electron chi connectivity index (χ3n) is 5.64. The summed E-state index contributed by atoms with van der Waals surface area (Å²) in [6.07, 6.45) is 0. The van der Waals surface area contributed by atoms with Crippen molar-refractivity contribution in [1.82, 2.24) is 15.0 Å². The minimum atomic E-state index is -0.606. The van der Waals surface area contributed by atoms with Gasteiger partial charge < -0.3 is 33.9 Å². The molecule has 3 aromatic heterocycles. The average Bonchev–Trinajstić information content (AvgIpc) is 3.55. The first-order valence-corrected chi connectivity index (χ1v) is 12.0. The summed E-state index contributed by atoms with van der Waals surface area (Å²) >= 11 is 0. The van der Waals surface area contributed by atoms with E-state index in [1.807, 2.05) is 0 Å². The Labute approximate surface area is 213 Å². The van der Waals surface area contributed by atoms with E-state index >= 15 is 0 Å². The first-order valence-electron chi connectivity index (χ1n) is 12.0. The zero-order valence-electron chi connectivity index (χ0n) is 21.7. The second kappa shape index (κ2) is 11.6. The molecule has 0 aliphatic carbocycles. The molecule has 3 aromatic rings. The molecule has 3 heterocycles. The summed E-state index contributed by atoms with van der Waals surface area (Å²) in [5.74, 6) is -2.42. The van der Waals surface area contributed by atoms with E-state index in [0.29, 0.717) is 33.9 Å². The van der Waals surface area contributed by atoms with Crippen LogP contribution in [0.5, 0.6) is 0 Å². The molecule has 0 spiro atoms. The number of rotatable bonds is 10. The Balaban J connectivity index is 2.17. The Hall–Kier alpha value is -4.28. The van der Waals surface area contributed by atoms with E-state index in [0.717, 1.165) is 0 Å². The third-order valence-corrected chi connectivity index (χ3v) is 5.64. The van der Waals surface area contributed by atoms with Crippen LogP contribution >= 0.6 is 0 Å². The molecular weight excluding hydrogens is 482 g/mol. The Morgan fingerprint density at radius 2 is 0.892 bits per heavy atom. The van der Waals surface area contributed by atoms with E-state index in [4.69, 9.17) is 18.9 Å². The minimum absolute atomic E-state index is 0.128. The molecular formula is C26H31N3O8. The third kappa shape index (κ3) is 5.30. The number of H-pyrrole nitrogens is 3. The molecule has 0 aliphatic rings. The number of carbonyl (C=O) groups excluding carboxylic acids is 4. The van der Waals surface area contributed by atoms with E-state index < -0.39 is 23.9 Å². The van der Waals surface area contributed by atoms with Crippen LogP contribution in [-0.2, 0) is 18.9 Å². The van der Waals surface area contributed by atoms with Crippen LogP contribution in [0.25, 0.3) is 22.8 Å². The van der Waals surface area contributed by atoms with Crippen LogP contribution in [-0.4, -0.2) is 65.3 Å². The number of aromatic amines is 3. The Morgan fingerprint density at radius 3 is 1.22 bits per heavy atom. The molecule has 3 N–H and O–H groups in total. The summed E-state index contributed by atoms with van der Waals surface area (Å²) in [5.41, 5.74) is 2.90. The van der Waals surface area contributed by atoms with Crippen molar-refractivity contribution >= 4 is 23.9 Å². The number of aromatic nitrogens is 3. The Bertz CT molecular complexity index is 1230.